The Morgan fingerprint density at radius 3 is 2.29 bits per heavy atom. The van der Waals surface area contributed by atoms with Crippen LogP contribution < -0.4 is 11.1 Å². The molecule has 0 radical (unpaired) electrons. The van der Waals surface area contributed by atoms with Crippen LogP contribution in [0.4, 0.5) is 0 Å². The van der Waals surface area contributed by atoms with Crippen LogP contribution in [0.1, 0.15) is 51.4 Å². The quantitative estimate of drug-likeness (QED) is 0.699. The van der Waals surface area contributed by atoms with Gasteiger partial charge < -0.3 is 11.1 Å². The smallest absolute Gasteiger partial charge is 0.240 e. The number of amides is 1. The fraction of sp³-hybridized carbons (Fsp3) is 0.909. The van der Waals surface area contributed by atoms with Crippen molar-refractivity contribution >= 4 is 5.91 Å². The summed E-state index contributed by atoms with van der Waals surface area (Å²) in [5.74, 6) is 0.0990. The summed E-state index contributed by atoms with van der Waals surface area (Å²) in [5, 5.41) is 3.06. The van der Waals surface area contributed by atoms with E-state index in [4.69, 9.17) is 5.73 Å². The van der Waals surface area contributed by atoms with E-state index in [1.807, 2.05) is 0 Å². The van der Waals surface area contributed by atoms with Crippen molar-refractivity contribution in [2.24, 2.45) is 5.73 Å². The van der Waals surface area contributed by atoms with E-state index in [1.165, 1.54) is 12.8 Å². The normalized spacial score (nSPS) is 26.6. The van der Waals surface area contributed by atoms with E-state index in [0.717, 1.165) is 38.5 Å². The molecular weight excluding hydrogens is 176 g/mol. The zero-order valence-corrected chi connectivity index (χ0v) is 8.72. The van der Waals surface area contributed by atoms with Crippen LogP contribution >= 0.6 is 0 Å². The number of hydrogen-bond donors (Lipinski definition) is 2. The second kappa shape index (κ2) is 3.89. The van der Waals surface area contributed by atoms with E-state index in [-0.39, 0.29) is 5.91 Å². The van der Waals surface area contributed by atoms with Crippen LogP contribution in [0.3, 0.4) is 0 Å². The molecule has 0 aromatic heterocycles. The molecule has 0 unspecified atom stereocenters. The number of rotatable bonds is 2. The Kier molecular flexibility index (Phi) is 2.77. The maximum atomic E-state index is 11.9. The third-order valence-corrected chi connectivity index (χ3v) is 3.64. The Morgan fingerprint density at radius 2 is 1.79 bits per heavy atom. The minimum atomic E-state index is -0.548. The average molecular weight is 196 g/mol. The summed E-state index contributed by atoms with van der Waals surface area (Å²) in [5.41, 5.74) is 5.57. The highest BCUT2D eigenvalue weighted by atomic mass is 16.2. The molecule has 14 heavy (non-hydrogen) atoms. The molecule has 3 nitrogen and oxygen atoms in total. The molecule has 0 aliphatic heterocycles. The van der Waals surface area contributed by atoms with Crippen molar-refractivity contribution in [3.63, 3.8) is 0 Å². The Bertz CT molecular complexity index is 217. The predicted octanol–water partition coefficient (Wildman–Crippen LogP) is 1.32. The van der Waals surface area contributed by atoms with Gasteiger partial charge in [0, 0.05) is 6.04 Å². The average Bonchev–Trinajstić information content (AvgIpc) is 2.12. The van der Waals surface area contributed by atoms with Crippen molar-refractivity contribution in [2.75, 3.05) is 0 Å². The number of nitrogens with one attached hydrogen (secondary N) is 1. The SMILES string of the molecule is NC1(C(=O)NC2CCC2)CCCCC1. The van der Waals surface area contributed by atoms with Gasteiger partial charge in [0.2, 0.25) is 5.91 Å². The van der Waals surface area contributed by atoms with Gasteiger partial charge in [-0.15, -0.1) is 0 Å². The summed E-state index contributed by atoms with van der Waals surface area (Å²) >= 11 is 0. The lowest BCUT2D eigenvalue weighted by Crippen LogP contribution is -2.57. The van der Waals surface area contributed by atoms with Crippen LogP contribution in [0.5, 0.6) is 0 Å². The zero-order valence-electron chi connectivity index (χ0n) is 8.72. The van der Waals surface area contributed by atoms with E-state index in [1.54, 1.807) is 0 Å². The summed E-state index contributed by atoms with van der Waals surface area (Å²) < 4.78 is 0. The molecule has 3 heteroatoms. The molecule has 0 bridgehead atoms. The van der Waals surface area contributed by atoms with Gasteiger partial charge in [-0.1, -0.05) is 19.3 Å². The maximum Gasteiger partial charge on any atom is 0.240 e. The fourth-order valence-corrected chi connectivity index (χ4v) is 2.29. The van der Waals surface area contributed by atoms with Crippen LogP contribution in [0, 0.1) is 0 Å². The first-order valence-electron chi connectivity index (χ1n) is 5.81. The molecule has 2 saturated carbocycles. The highest BCUT2D eigenvalue weighted by Gasteiger charge is 2.36. The lowest BCUT2D eigenvalue weighted by atomic mass is 9.81. The Labute approximate surface area is 85.4 Å². The molecule has 2 rings (SSSR count). The number of hydrogen-bond acceptors (Lipinski definition) is 2. The summed E-state index contributed by atoms with van der Waals surface area (Å²) in [6.07, 6.45) is 8.71. The molecule has 1 amide bonds. The van der Waals surface area contributed by atoms with Crippen molar-refractivity contribution in [1.29, 1.82) is 0 Å². The van der Waals surface area contributed by atoms with Crippen LogP contribution in [0.25, 0.3) is 0 Å². The Morgan fingerprint density at radius 1 is 1.14 bits per heavy atom. The summed E-state index contributed by atoms with van der Waals surface area (Å²) in [4.78, 5) is 11.9. The Hall–Kier alpha value is -0.570. The predicted molar refractivity (Wildman–Crippen MR) is 55.8 cm³/mol. The lowest BCUT2D eigenvalue weighted by Gasteiger charge is -2.35. The van der Waals surface area contributed by atoms with Gasteiger partial charge in [0.05, 0.1) is 5.54 Å². The van der Waals surface area contributed by atoms with Crippen molar-refractivity contribution in [2.45, 2.75) is 62.9 Å². The topological polar surface area (TPSA) is 55.1 Å². The second-order valence-corrected chi connectivity index (χ2v) is 4.82. The molecule has 2 aliphatic rings. The Balaban J connectivity index is 1.87. The molecule has 0 spiro atoms. The third-order valence-electron chi connectivity index (χ3n) is 3.64. The molecule has 2 fully saturated rings. The zero-order chi connectivity index (χ0) is 10.0. The van der Waals surface area contributed by atoms with Gasteiger partial charge in [0.15, 0.2) is 0 Å². The molecule has 0 saturated heterocycles. The first-order chi connectivity index (χ1) is 6.71. The van der Waals surface area contributed by atoms with E-state index in [9.17, 15) is 4.79 Å². The van der Waals surface area contributed by atoms with Gasteiger partial charge in [-0.05, 0) is 32.1 Å². The van der Waals surface area contributed by atoms with Gasteiger partial charge in [0.1, 0.15) is 0 Å². The third kappa shape index (κ3) is 1.92. The molecular formula is C11H20N2O. The van der Waals surface area contributed by atoms with Crippen molar-refractivity contribution in [3.05, 3.63) is 0 Å². The summed E-state index contributed by atoms with van der Waals surface area (Å²) in [6.45, 7) is 0. The monoisotopic (exact) mass is 196 g/mol. The number of carbonyl (C=O) groups excluding carboxylic acids is 1. The first kappa shape index (κ1) is 9.97. The van der Waals surface area contributed by atoms with Gasteiger partial charge in [-0.2, -0.15) is 0 Å². The fourth-order valence-electron chi connectivity index (χ4n) is 2.29. The molecule has 0 atom stereocenters. The van der Waals surface area contributed by atoms with Crippen molar-refractivity contribution in [1.82, 2.24) is 5.32 Å². The molecule has 0 aromatic rings. The highest BCUT2D eigenvalue weighted by Crippen LogP contribution is 2.27. The standard InChI is InChI=1S/C11H20N2O/c12-11(7-2-1-3-8-11)10(14)13-9-5-4-6-9/h9H,1-8,12H2,(H,13,14). The van der Waals surface area contributed by atoms with Gasteiger partial charge >= 0.3 is 0 Å². The van der Waals surface area contributed by atoms with E-state index >= 15 is 0 Å². The van der Waals surface area contributed by atoms with Gasteiger partial charge in [-0.25, -0.2) is 0 Å². The molecule has 80 valence electrons. The van der Waals surface area contributed by atoms with Gasteiger partial charge in [-0.3, -0.25) is 4.79 Å². The number of nitrogens with two attached hydrogens (primary N) is 1. The van der Waals surface area contributed by atoms with Crippen LogP contribution in [0.15, 0.2) is 0 Å². The molecule has 2 aliphatic carbocycles. The minimum absolute atomic E-state index is 0.0990. The number of carbonyl (C=O) groups is 1. The maximum absolute atomic E-state index is 11.9. The van der Waals surface area contributed by atoms with E-state index in [2.05, 4.69) is 5.32 Å². The highest BCUT2D eigenvalue weighted by molar-refractivity contribution is 5.86. The van der Waals surface area contributed by atoms with Crippen molar-refractivity contribution in [3.8, 4) is 0 Å². The molecule has 3 N–H and O–H groups in total. The summed E-state index contributed by atoms with van der Waals surface area (Å²) in [6, 6.07) is 0.421. The van der Waals surface area contributed by atoms with Crippen LogP contribution in [-0.2, 0) is 4.79 Å². The molecule has 0 aromatic carbocycles. The molecule has 0 heterocycles. The van der Waals surface area contributed by atoms with Gasteiger partial charge in [0.25, 0.3) is 0 Å². The largest absolute Gasteiger partial charge is 0.352 e. The second-order valence-electron chi connectivity index (χ2n) is 4.82. The van der Waals surface area contributed by atoms with Crippen molar-refractivity contribution < 1.29 is 4.79 Å². The minimum Gasteiger partial charge on any atom is -0.352 e. The van der Waals surface area contributed by atoms with E-state index in [0.29, 0.717) is 6.04 Å². The summed E-state index contributed by atoms with van der Waals surface area (Å²) in [7, 11) is 0. The lowest BCUT2D eigenvalue weighted by molar-refractivity contribution is -0.128. The van der Waals surface area contributed by atoms with Crippen LogP contribution in [0.2, 0.25) is 0 Å². The first-order valence-corrected chi connectivity index (χ1v) is 5.81. The van der Waals surface area contributed by atoms with Crippen LogP contribution in [-0.4, -0.2) is 17.5 Å². The van der Waals surface area contributed by atoms with E-state index < -0.39 is 5.54 Å².